The van der Waals surface area contributed by atoms with Crippen molar-refractivity contribution in [3.63, 3.8) is 0 Å². The highest BCUT2D eigenvalue weighted by atomic mass is 16.5. The Morgan fingerprint density at radius 1 is 1.24 bits per heavy atom. The summed E-state index contributed by atoms with van der Waals surface area (Å²) in [5.41, 5.74) is 2.24. The number of aliphatic hydroxyl groups excluding tert-OH is 1. The topological polar surface area (TPSA) is 75.3 Å². The van der Waals surface area contributed by atoms with E-state index in [9.17, 15) is 5.11 Å². The summed E-state index contributed by atoms with van der Waals surface area (Å²) in [4.78, 5) is 11.0. The number of aliphatic hydroxyl groups is 1. The molecule has 6 nitrogen and oxygen atoms in total. The number of β-amino-alcohol motifs (C(OH)–C–C–N with tert-alkyl or cyclic N) is 1. The molecule has 0 aliphatic carbocycles. The zero-order valence-electron chi connectivity index (χ0n) is 14.3. The van der Waals surface area contributed by atoms with Crippen LogP contribution in [-0.2, 0) is 19.4 Å². The van der Waals surface area contributed by atoms with Crippen LogP contribution in [0.3, 0.4) is 0 Å². The Balaban J connectivity index is 1.46. The second-order valence-electron chi connectivity index (χ2n) is 6.67. The Kier molecular flexibility index (Phi) is 4.46. The molecule has 0 unspecified atom stereocenters. The fourth-order valence-corrected chi connectivity index (χ4v) is 3.58. The minimum atomic E-state index is -0.343. The van der Waals surface area contributed by atoms with Crippen molar-refractivity contribution >= 4 is 10.9 Å². The first-order valence-corrected chi connectivity index (χ1v) is 8.77. The van der Waals surface area contributed by atoms with Crippen molar-refractivity contribution in [3.8, 4) is 0 Å². The molecule has 25 heavy (non-hydrogen) atoms. The van der Waals surface area contributed by atoms with Gasteiger partial charge in [0.1, 0.15) is 0 Å². The normalized spacial score (nSPS) is 21.2. The van der Waals surface area contributed by atoms with E-state index in [2.05, 4.69) is 32.2 Å². The van der Waals surface area contributed by atoms with Gasteiger partial charge in [0.05, 0.1) is 18.2 Å². The number of pyridine rings is 1. The van der Waals surface area contributed by atoms with Gasteiger partial charge in [0.15, 0.2) is 5.82 Å². The number of hydrogen-bond donors (Lipinski definition) is 1. The van der Waals surface area contributed by atoms with Crippen molar-refractivity contribution in [1.82, 2.24) is 20.0 Å². The van der Waals surface area contributed by atoms with Crippen LogP contribution < -0.4 is 0 Å². The van der Waals surface area contributed by atoms with Crippen LogP contribution in [0.2, 0.25) is 0 Å². The molecule has 1 fully saturated rings. The Labute approximate surface area is 146 Å². The predicted octanol–water partition coefficient (Wildman–Crippen LogP) is 2.22. The van der Waals surface area contributed by atoms with E-state index in [-0.39, 0.29) is 12.0 Å². The standard InChI is InChI=1S/C19H22N4O2/c1-2-19-21-18(22-25-19)12-23-10-14(17(24)11-23)9-13-7-8-20-16-6-4-3-5-15(13)16/h3-8,14,17,24H,2,9-12H2,1H3/t14-,17-/m1/s1. The van der Waals surface area contributed by atoms with E-state index >= 15 is 0 Å². The number of nitrogens with zero attached hydrogens (tertiary/aromatic N) is 4. The van der Waals surface area contributed by atoms with Crippen LogP contribution in [0.5, 0.6) is 0 Å². The van der Waals surface area contributed by atoms with E-state index in [1.54, 1.807) is 0 Å². The van der Waals surface area contributed by atoms with Crippen LogP contribution in [-0.4, -0.2) is 44.3 Å². The molecule has 1 saturated heterocycles. The van der Waals surface area contributed by atoms with Crippen LogP contribution in [0.15, 0.2) is 41.1 Å². The molecular formula is C19H22N4O2. The first kappa shape index (κ1) is 16.2. The van der Waals surface area contributed by atoms with Crippen LogP contribution in [0, 0.1) is 5.92 Å². The van der Waals surface area contributed by atoms with E-state index in [4.69, 9.17) is 4.52 Å². The lowest BCUT2D eigenvalue weighted by Crippen LogP contribution is -2.22. The molecule has 0 bridgehead atoms. The Hall–Kier alpha value is -2.31. The Morgan fingerprint density at radius 3 is 2.96 bits per heavy atom. The van der Waals surface area contributed by atoms with Crippen LogP contribution in [0.25, 0.3) is 10.9 Å². The van der Waals surface area contributed by atoms with Gasteiger partial charge in [0.25, 0.3) is 0 Å². The van der Waals surface area contributed by atoms with Crippen LogP contribution in [0.1, 0.15) is 24.2 Å². The van der Waals surface area contributed by atoms with Gasteiger partial charge in [-0.2, -0.15) is 4.98 Å². The van der Waals surface area contributed by atoms with Gasteiger partial charge < -0.3 is 9.63 Å². The molecule has 3 aromatic rings. The first-order valence-electron chi connectivity index (χ1n) is 8.77. The van der Waals surface area contributed by atoms with Crippen molar-refractivity contribution in [1.29, 1.82) is 0 Å². The summed E-state index contributed by atoms with van der Waals surface area (Å²) in [6, 6.07) is 10.2. The number of para-hydroxylation sites is 1. The quantitative estimate of drug-likeness (QED) is 0.769. The van der Waals surface area contributed by atoms with Gasteiger partial charge in [-0.1, -0.05) is 30.3 Å². The highest BCUT2D eigenvalue weighted by Crippen LogP contribution is 2.26. The Morgan fingerprint density at radius 2 is 2.12 bits per heavy atom. The van der Waals surface area contributed by atoms with Gasteiger partial charge in [-0.05, 0) is 24.1 Å². The molecule has 1 aliphatic rings. The third-order valence-electron chi connectivity index (χ3n) is 4.88. The predicted molar refractivity (Wildman–Crippen MR) is 93.9 cm³/mol. The molecule has 1 aliphatic heterocycles. The summed E-state index contributed by atoms with van der Waals surface area (Å²) in [7, 11) is 0. The number of aromatic nitrogens is 3. The summed E-state index contributed by atoms with van der Waals surface area (Å²) in [5.74, 6) is 1.55. The molecule has 4 rings (SSSR count). The lowest BCUT2D eigenvalue weighted by molar-refractivity contribution is 0.141. The SMILES string of the molecule is CCc1nc(CN2C[C@@H](Cc3ccnc4ccccc34)[C@H](O)C2)no1. The highest BCUT2D eigenvalue weighted by Gasteiger charge is 2.32. The zero-order valence-corrected chi connectivity index (χ0v) is 14.3. The molecule has 130 valence electrons. The van der Waals surface area contributed by atoms with E-state index in [0.29, 0.717) is 24.8 Å². The molecule has 6 heteroatoms. The van der Waals surface area contributed by atoms with Crippen LogP contribution >= 0.6 is 0 Å². The molecule has 3 heterocycles. The molecule has 2 aromatic heterocycles. The van der Waals surface area contributed by atoms with Gasteiger partial charge in [-0.3, -0.25) is 9.88 Å². The lowest BCUT2D eigenvalue weighted by Gasteiger charge is -2.15. The minimum absolute atomic E-state index is 0.198. The molecule has 0 saturated carbocycles. The molecule has 2 atom stereocenters. The maximum absolute atomic E-state index is 10.5. The summed E-state index contributed by atoms with van der Waals surface area (Å²) < 4.78 is 5.16. The maximum Gasteiger partial charge on any atom is 0.226 e. The zero-order chi connectivity index (χ0) is 17.2. The molecular weight excluding hydrogens is 316 g/mol. The number of fused-ring (bicyclic) bond motifs is 1. The summed E-state index contributed by atoms with van der Waals surface area (Å²) in [6.45, 7) is 4.08. The number of likely N-dealkylation sites (tertiary alicyclic amines) is 1. The van der Waals surface area contributed by atoms with Gasteiger partial charge in [-0.25, -0.2) is 0 Å². The van der Waals surface area contributed by atoms with Crippen molar-refractivity contribution in [2.75, 3.05) is 13.1 Å². The van der Waals surface area contributed by atoms with Gasteiger partial charge in [0.2, 0.25) is 5.89 Å². The van der Waals surface area contributed by atoms with E-state index in [0.717, 1.165) is 24.9 Å². The van der Waals surface area contributed by atoms with Gasteiger partial charge >= 0.3 is 0 Å². The fraction of sp³-hybridized carbons (Fsp3) is 0.421. The van der Waals surface area contributed by atoms with Crippen molar-refractivity contribution < 1.29 is 9.63 Å². The molecule has 1 aromatic carbocycles. The van der Waals surface area contributed by atoms with Crippen molar-refractivity contribution in [2.45, 2.75) is 32.4 Å². The fourth-order valence-electron chi connectivity index (χ4n) is 3.58. The molecule has 0 amide bonds. The van der Waals surface area contributed by atoms with E-state index < -0.39 is 0 Å². The monoisotopic (exact) mass is 338 g/mol. The summed E-state index contributed by atoms with van der Waals surface area (Å²) in [5, 5.41) is 15.7. The van der Waals surface area contributed by atoms with Crippen molar-refractivity contribution in [3.05, 3.63) is 53.8 Å². The third-order valence-corrected chi connectivity index (χ3v) is 4.88. The Bertz CT molecular complexity index is 858. The van der Waals surface area contributed by atoms with Gasteiger partial charge in [0, 0.05) is 37.0 Å². The summed E-state index contributed by atoms with van der Waals surface area (Å²) in [6.07, 6.45) is 3.09. The average Bonchev–Trinajstić information content (AvgIpc) is 3.22. The largest absolute Gasteiger partial charge is 0.391 e. The smallest absolute Gasteiger partial charge is 0.226 e. The number of rotatable bonds is 5. The first-order chi connectivity index (χ1) is 12.2. The van der Waals surface area contributed by atoms with E-state index in [1.165, 1.54) is 10.9 Å². The minimum Gasteiger partial charge on any atom is -0.391 e. The number of hydrogen-bond acceptors (Lipinski definition) is 6. The van der Waals surface area contributed by atoms with E-state index in [1.807, 2.05) is 31.3 Å². The molecule has 1 N–H and O–H groups in total. The molecule has 0 radical (unpaired) electrons. The third kappa shape index (κ3) is 3.41. The summed E-state index contributed by atoms with van der Waals surface area (Å²) >= 11 is 0. The second kappa shape index (κ2) is 6.90. The average molecular weight is 338 g/mol. The van der Waals surface area contributed by atoms with Gasteiger partial charge in [-0.15, -0.1) is 0 Å². The lowest BCUT2D eigenvalue weighted by atomic mass is 9.94. The second-order valence-corrected chi connectivity index (χ2v) is 6.67. The number of aryl methyl sites for hydroxylation is 1. The maximum atomic E-state index is 10.5. The van der Waals surface area contributed by atoms with Crippen LogP contribution in [0.4, 0.5) is 0 Å². The number of benzene rings is 1. The van der Waals surface area contributed by atoms with Crippen molar-refractivity contribution in [2.24, 2.45) is 5.92 Å². The highest BCUT2D eigenvalue weighted by molar-refractivity contribution is 5.81. The molecule has 0 spiro atoms.